The molecule has 0 fully saturated rings. The standard InChI is InChI=1S/C21H16BrCl2NO3S/c22-14-9-16(29-12-14)11-25(20(26)17-7-6-15(23)10-18(17)24)19(21(27)28)8-13-4-2-1-3-5-13/h1-7,9-10,12,19H,8,11H2,(H,27,28)/t19-/m0/s1. The molecule has 0 spiro atoms. The number of rotatable bonds is 7. The average Bonchev–Trinajstić information content (AvgIpc) is 3.09. The fourth-order valence-electron chi connectivity index (χ4n) is 2.91. The zero-order valence-electron chi connectivity index (χ0n) is 15.0. The molecule has 1 atom stereocenters. The van der Waals surface area contributed by atoms with Crippen molar-refractivity contribution in [3.8, 4) is 0 Å². The van der Waals surface area contributed by atoms with E-state index in [2.05, 4.69) is 15.9 Å². The molecule has 0 saturated carbocycles. The molecular formula is C21H16BrCl2NO3S. The van der Waals surface area contributed by atoms with Crippen molar-refractivity contribution in [1.82, 2.24) is 4.90 Å². The summed E-state index contributed by atoms with van der Waals surface area (Å²) in [5, 5.41) is 12.4. The van der Waals surface area contributed by atoms with Gasteiger partial charge in [-0.1, -0.05) is 53.5 Å². The number of carbonyl (C=O) groups excluding carboxylic acids is 1. The second-order valence-electron chi connectivity index (χ2n) is 6.33. The monoisotopic (exact) mass is 511 g/mol. The predicted octanol–water partition coefficient (Wildman–Crippen LogP) is 6.16. The van der Waals surface area contributed by atoms with E-state index in [1.165, 1.54) is 28.4 Å². The molecule has 2 aromatic carbocycles. The summed E-state index contributed by atoms with van der Waals surface area (Å²) in [5.74, 6) is -1.54. The lowest BCUT2D eigenvalue weighted by Crippen LogP contribution is -2.46. The minimum atomic E-state index is -1.08. The number of hydrogen-bond donors (Lipinski definition) is 1. The summed E-state index contributed by atoms with van der Waals surface area (Å²) < 4.78 is 0.879. The predicted molar refractivity (Wildman–Crippen MR) is 120 cm³/mol. The lowest BCUT2D eigenvalue weighted by Gasteiger charge is -2.29. The van der Waals surface area contributed by atoms with Crippen molar-refractivity contribution in [3.05, 3.63) is 90.5 Å². The van der Waals surface area contributed by atoms with Crippen molar-refractivity contribution in [1.29, 1.82) is 0 Å². The highest BCUT2D eigenvalue weighted by molar-refractivity contribution is 9.10. The van der Waals surface area contributed by atoms with E-state index in [0.717, 1.165) is 14.9 Å². The van der Waals surface area contributed by atoms with Gasteiger partial charge in [-0.15, -0.1) is 11.3 Å². The van der Waals surface area contributed by atoms with E-state index in [9.17, 15) is 14.7 Å². The van der Waals surface area contributed by atoms with Gasteiger partial charge in [-0.2, -0.15) is 0 Å². The summed E-state index contributed by atoms with van der Waals surface area (Å²) in [5.41, 5.74) is 1.04. The zero-order valence-corrected chi connectivity index (χ0v) is 18.9. The van der Waals surface area contributed by atoms with Gasteiger partial charge in [0.05, 0.1) is 17.1 Å². The number of carboxylic acid groups (broad SMARTS) is 1. The Bertz CT molecular complexity index is 1030. The molecule has 4 nitrogen and oxygen atoms in total. The Morgan fingerprint density at radius 3 is 2.41 bits per heavy atom. The Balaban J connectivity index is 2.00. The van der Waals surface area contributed by atoms with Crippen LogP contribution in [0.15, 0.2) is 64.5 Å². The van der Waals surface area contributed by atoms with Crippen molar-refractivity contribution in [3.63, 3.8) is 0 Å². The van der Waals surface area contributed by atoms with Crippen molar-refractivity contribution in [2.24, 2.45) is 0 Å². The van der Waals surface area contributed by atoms with Crippen molar-refractivity contribution < 1.29 is 14.7 Å². The third-order valence-electron chi connectivity index (χ3n) is 4.30. The molecule has 0 unspecified atom stereocenters. The number of carbonyl (C=O) groups is 2. The Labute approximate surface area is 190 Å². The van der Waals surface area contributed by atoms with E-state index < -0.39 is 17.9 Å². The fraction of sp³-hybridized carbons (Fsp3) is 0.143. The smallest absolute Gasteiger partial charge is 0.326 e. The van der Waals surface area contributed by atoms with Gasteiger partial charge in [-0.05, 0) is 45.8 Å². The first-order valence-corrected chi connectivity index (χ1v) is 11.0. The summed E-state index contributed by atoms with van der Waals surface area (Å²) in [7, 11) is 0. The first-order valence-electron chi connectivity index (χ1n) is 8.61. The summed E-state index contributed by atoms with van der Waals surface area (Å²) in [6.07, 6.45) is 0.180. The maximum atomic E-state index is 13.4. The number of nitrogens with zero attached hydrogens (tertiary/aromatic N) is 1. The van der Waals surface area contributed by atoms with Gasteiger partial charge in [0.1, 0.15) is 6.04 Å². The SMILES string of the molecule is O=C(O)[C@H](Cc1ccccc1)N(Cc1cc(Br)cs1)C(=O)c1ccc(Cl)cc1Cl. The van der Waals surface area contributed by atoms with Crippen molar-refractivity contribution in [2.75, 3.05) is 0 Å². The average molecular weight is 513 g/mol. The third-order valence-corrected chi connectivity index (χ3v) is 6.53. The molecule has 0 saturated heterocycles. The Morgan fingerprint density at radius 2 is 1.83 bits per heavy atom. The summed E-state index contributed by atoms with van der Waals surface area (Å²) in [4.78, 5) is 27.7. The van der Waals surface area contributed by atoms with Crippen LogP contribution in [0, 0.1) is 0 Å². The van der Waals surface area contributed by atoms with Crippen molar-refractivity contribution >= 4 is 62.3 Å². The van der Waals surface area contributed by atoms with Crippen LogP contribution in [0.2, 0.25) is 10.0 Å². The Hall–Kier alpha value is -1.86. The lowest BCUT2D eigenvalue weighted by molar-refractivity contribution is -0.142. The van der Waals surface area contributed by atoms with Gasteiger partial charge >= 0.3 is 5.97 Å². The van der Waals surface area contributed by atoms with E-state index in [0.29, 0.717) is 5.02 Å². The minimum absolute atomic E-state index is 0.151. The van der Waals surface area contributed by atoms with E-state index in [1.54, 1.807) is 6.07 Å². The first kappa shape index (κ1) is 21.8. The molecular weight excluding hydrogens is 497 g/mol. The molecule has 0 bridgehead atoms. The highest BCUT2D eigenvalue weighted by Gasteiger charge is 2.32. The highest BCUT2D eigenvalue weighted by atomic mass is 79.9. The molecule has 3 rings (SSSR count). The number of carboxylic acids is 1. The topological polar surface area (TPSA) is 57.6 Å². The molecule has 3 aromatic rings. The molecule has 29 heavy (non-hydrogen) atoms. The number of hydrogen-bond acceptors (Lipinski definition) is 3. The first-order chi connectivity index (χ1) is 13.8. The third kappa shape index (κ3) is 5.60. The molecule has 0 aliphatic rings. The maximum absolute atomic E-state index is 13.4. The van der Waals surface area contributed by atoms with E-state index in [4.69, 9.17) is 23.2 Å². The van der Waals surface area contributed by atoms with Crippen LogP contribution in [0.5, 0.6) is 0 Å². The van der Waals surface area contributed by atoms with Crippen LogP contribution in [-0.4, -0.2) is 27.9 Å². The Kier molecular flexibility index (Phi) is 7.35. The number of amides is 1. The normalized spacial score (nSPS) is 11.8. The number of halogens is 3. The van der Waals surface area contributed by atoms with Gasteiger partial charge < -0.3 is 10.0 Å². The van der Waals surface area contributed by atoms with Gasteiger partial charge in [0.15, 0.2) is 0 Å². The van der Waals surface area contributed by atoms with Crippen LogP contribution >= 0.6 is 50.5 Å². The minimum Gasteiger partial charge on any atom is -0.480 e. The van der Waals surface area contributed by atoms with Crippen LogP contribution < -0.4 is 0 Å². The van der Waals surface area contributed by atoms with Crippen molar-refractivity contribution in [2.45, 2.75) is 19.0 Å². The lowest BCUT2D eigenvalue weighted by atomic mass is 10.0. The van der Waals surface area contributed by atoms with Gasteiger partial charge in [-0.25, -0.2) is 4.79 Å². The zero-order chi connectivity index (χ0) is 21.0. The fourth-order valence-corrected chi connectivity index (χ4v) is 4.85. The molecule has 150 valence electrons. The van der Waals surface area contributed by atoms with E-state index in [-0.39, 0.29) is 23.6 Å². The highest BCUT2D eigenvalue weighted by Crippen LogP contribution is 2.27. The quantitative estimate of drug-likeness (QED) is 0.412. The molecule has 0 aliphatic heterocycles. The molecule has 1 aromatic heterocycles. The molecule has 8 heteroatoms. The summed E-state index contributed by atoms with van der Waals surface area (Å²) in [6.45, 7) is 0.151. The van der Waals surface area contributed by atoms with Gasteiger partial charge in [-0.3, -0.25) is 4.79 Å². The van der Waals surface area contributed by atoms with E-state index >= 15 is 0 Å². The molecule has 1 amide bonds. The van der Waals surface area contributed by atoms with E-state index in [1.807, 2.05) is 41.8 Å². The molecule has 0 radical (unpaired) electrons. The second-order valence-corrected chi connectivity index (χ2v) is 9.09. The van der Waals surface area contributed by atoms with Gasteiger partial charge in [0.2, 0.25) is 0 Å². The second kappa shape index (κ2) is 9.76. The van der Waals surface area contributed by atoms with Gasteiger partial charge in [0, 0.05) is 26.2 Å². The van der Waals surface area contributed by atoms with Crippen LogP contribution in [0.4, 0.5) is 0 Å². The molecule has 1 heterocycles. The largest absolute Gasteiger partial charge is 0.480 e. The summed E-state index contributed by atoms with van der Waals surface area (Å²) >= 11 is 17.0. The van der Waals surface area contributed by atoms with Crippen LogP contribution in [0.25, 0.3) is 0 Å². The number of aliphatic carboxylic acids is 1. The molecule has 0 aliphatic carbocycles. The molecule has 1 N–H and O–H groups in total. The number of thiophene rings is 1. The maximum Gasteiger partial charge on any atom is 0.326 e. The van der Waals surface area contributed by atoms with Crippen LogP contribution in [0.3, 0.4) is 0 Å². The number of benzene rings is 2. The van der Waals surface area contributed by atoms with Gasteiger partial charge in [0.25, 0.3) is 5.91 Å². The van der Waals surface area contributed by atoms with Crippen LogP contribution in [-0.2, 0) is 17.8 Å². The van der Waals surface area contributed by atoms with Crippen LogP contribution in [0.1, 0.15) is 20.8 Å². The Morgan fingerprint density at radius 1 is 1.10 bits per heavy atom. The summed E-state index contributed by atoms with van der Waals surface area (Å²) in [6, 6.07) is 14.6.